The summed E-state index contributed by atoms with van der Waals surface area (Å²) < 4.78 is 5.83. The molecule has 6 heteroatoms. The first-order valence-electron chi connectivity index (χ1n) is 9.08. The summed E-state index contributed by atoms with van der Waals surface area (Å²) in [7, 11) is 1.63. The highest BCUT2D eigenvalue weighted by Crippen LogP contribution is 2.27. The molecular weight excluding hydrogens is 420 g/mol. The van der Waals surface area contributed by atoms with Gasteiger partial charge in [0.25, 0.3) is 11.8 Å². The number of anilines is 2. The highest BCUT2D eigenvalue weighted by Gasteiger charge is 2.22. The van der Waals surface area contributed by atoms with Crippen molar-refractivity contribution >= 4 is 39.1 Å². The van der Waals surface area contributed by atoms with Crippen molar-refractivity contribution < 1.29 is 14.0 Å². The predicted octanol–water partition coefficient (Wildman–Crippen LogP) is 5.06. The lowest BCUT2D eigenvalue weighted by atomic mass is 10.1. The Kier molecular flexibility index (Phi) is 5.05. The van der Waals surface area contributed by atoms with Crippen LogP contribution in [0.5, 0.6) is 0 Å². The average Bonchev–Trinajstić information content (AvgIpc) is 3.35. The summed E-state index contributed by atoms with van der Waals surface area (Å²) >= 11 is 3.20. The Balaban J connectivity index is 1.58. The Hall–Kier alpha value is -2.86. The van der Waals surface area contributed by atoms with E-state index in [4.69, 9.17) is 4.42 Å². The number of benzene rings is 2. The molecule has 0 saturated carbocycles. The van der Waals surface area contributed by atoms with Gasteiger partial charge in [-0.2, -0.15) is 0 Å². The van der Waals surface area contributed by atoms with E-state index in [2.05, 4.69) is 27.3 Å². The third-order valence-corrected chi connectivity index (χ3v) is 5.38. The summed E-state index contributed by atoms with van der Waals surface area (Å²) in [4.78, 5) is 27.0. The molecular formula is C22H19BrN2O3. The average molecular weight is 439 g/mol. The summed E-state index contributed by atoms with van der Waals surface area (Å²) in [6.07, 6.45) is 3.30. The third kappa shape index (κ3) is 3.60. The van der Waals surface area contributed by atoms with E-state index in [1.54, 1.807) is 43.4 Å². The largest absolute Gasteiger partial charge is 0.444 e. The van der Waals surface area contributed by atoms with Gasteiger partial charge in [0.2, 0.25) is 0 Å². The summed E-state index contributed by atoms with van der Waals surface area (Å²) in [5, 5.41) is 2.96. The topological polar surface area (TPSA) is 62.6 Å². The van der Waals surface area contributed by atoms with Crippen molar-refractivity contribution in [3.63, 3.8) is 0 Å². The fraction of sp³-hybridized carbons (Fsp3) is 0.182. The summed E-state index contributed by atoms with van der Waals surface area (Å²) in [6.45, 7) is 0. The summed E-state index contributed by atoms with van der Waals surface area (Å²) in [6, 6.07) is 16.3. The number of furan rings is 1. The van der Waals surface area contributed by atoms with Crippen LogP contribution < -0.4 is 10.2 Å². The molecule has 0 saturated heterocycles. The molecule has 1 aromatic heterocycles. The normalized spacial score (nSPS) is 12.5. The van der Waals surface area contributed by atoms with Gasteiger partial charge in [0.15, 0.2) is 10.4 Å². The number of carbonyl (C=O) groups excluding carboxylic acids is 2. The highest BCUT2D eigenvalue weighted by atomic mass is 79.9. The third-order valence-electron chi connectivity index (χ3n) is 4.96. The fourth-order valence-corrected chi connectivity index (χ4v) is 3.82. The van der Waals surface area contributed by atoms with E-state index in [-0.39, 0.29) is 17.6 Å². The van der Waals surface area contributed by atoms with Gasteiger partial charge in [0.1, 0.15) is 0 Å². The van der Waals surface area contributed by atoms with Gasteiger partial charge < -0.3 is 14.6 Å². The van der Waals surface area contributed by atoms with Crippen LogP contribution in [0.1, 0.15) is 38.5 Å². The first kappa shape index (κ1) is 18.5. The van der Waals surface area contributed by atoms with Gasteiger partial charge in [-0.05, 0) is 82.7 Å². The zero-order chi connectivity index (χ0) is 19.7. The van der Waals surface area contributed by atoms with Crippen molar-refractivity contribution in [2.45, 2.75) is 19.3 Å². The molecule has 28 heavy (non-hydrogen) atoms. The van der Waals surface area contributed by atoms with Gasteiger partial charge in [-0.1, -0.05) is 18.2 Å². The maximum absolute atomic E-state index is 12.9. The molecule has 0 spiro atoms. The number of carbonyl (C=O) groups is 2. The first-order valence-corrected chi connectivity index (χ1v) is 9.88. The van der Waals surface area contributed by atoms with Crippen molar-refractivity contribution in [1.29, 1.82) is 0 Å². The van der Waals surface area contributed by atoms with E-state index in [9.17, 15) is 9.59 Å². The molecule has 3 aromatic rings. The smallest absolute Gasteiger partial charge is 0.293 e. The Labute approximate surface area is 171 Å². The maximum Gasteiger partial charge on any atom is 0.293 e. The number of nitrogens with one attached hydrogen (secondary N) is 1. The first-order chi connectivity index (χ1) is 13.5. The van der Waals surface area contributed by atoms with E-state index >= 15 is 0 Å². The zero-order valence-corrected chi connectivity index (χ0v) is 17.0. The van der Waals surface area contributed by atoms with E-state index in [0.29, 0.717) is 15.9 Å². The van der Waals surface area contributed by atoms with Gasteiger partial charge in [-0.3, -0.25) is 9.59 Å². The monoisotopic (exact) mass is 438 g/mol. The molecule has 2 amide bonds. The number of para-hydroxylation sites is 1. The molecule has 0 fully saturated rings. The predicted molar refractivity (Wildman–Crippen MR) is 112 cm³/mol. The molecule has 0 aliphatic heterocycles. The Bertz CT molecular complexity index is 1060. The number of hydrogen-bond donors (Lipinski definition) is 1. The number of nitrogens with zero attached hydrogens (tertiary/aromatic N) is 1. The standard InChI is InChI=1S/C22H19BrN2O3/c1-25(22(27)19-11-12-20(23)28-19)18-8-3-2-7-17(18)21(26)24-16-10-9-14-5-4-6-15(14)13-16/h2-3,7-13H,4-6H2,1H3,(H,24,26). The van der Waals surface area contributed by atoms with Gasteiger partial charge in [0.05, 0.1) is 11.3 Å². The van der Waals surface area contributed by atoms with Crippen LogP contribution in [0.3, 0.4) is 0 Å². The Morgan fingerprint density at radius 3 is 2.61 bits per heavy atom. The molecule has 5 nitrogen and oxygen atoms in total. The fourth-order valence-electron chi connectivity index (χ4n) is 3.51. The molecule has 0 atom stereocenters. The van der Waals surface area contributed by atoms with Crippen molar-refractivity contribution in [3.05, 3.63) is 81.7 Å². The molecule has 1 aliphatic carbocycles. The van der Waals surface area contributed by atoms with Crippen molar-refractivity contribution in [2.24, 2.45) is 0 Å². The van der Waals surface area contributed by atoms with Gasteiger partial charge in [-0.15, -0.1) is 0 Å². The van der Waals surface area contributed by atoms with Crippen LogP contribution in [0.4, 0.5) is 11.4 Å². The van der Waals surface area contributed by atoms with Crippen LogP contribution >= 0.6 is 15.9 Å². The second kappa shape index (κ2) is 7.64. The number of fused-ring (bicyclic) bond motifs is 1. The molecule has 1 N–H and O–H groups in total. The molecule has 0 radical (unpaired) electrons. The summed E-state index contributed by atoms with van der Waals surface area (Å²) in [5.41, 5.74) is 4.35. The molecule has 0 unspecified atom stereocenters. The van der Waals surface area contributed by atoms with Gasteiger partial charge >= 0.3 is 0 Å². The Morgan fingerprint density at radius 1 is 1.04 bits per heavy atom. The molecule has 1 heterocycles. The second-order valence-corrected chi connectivity index (χ2v) is 7.56. The minimum atomic E-state index is -0.330. The van der Waals surface area contributed by atoms with Crippen molar-refractivity contribution in [3.8, 4) is 0 Å². The van der Waals surface area contributed by atoms with Crippen LogP contribution in [0, 0.1) is 0 Å². The van der Waals surface area contributed by atoms with Crippen LogP contribution in [0.15, 0.2) is 63.7 Å². The lowest BCUT2D eigenvalue weighted by Crippen LogP contribution is -2.28. The molecule has 2 aromatic carbocycles. The molecule has 142 valence electrons. The SMILES string of the molecule is CN(C(=O)c1ccc(Br)o1)c1ccccc1C(=O)Nc1ccc2c(c1)CCC2. The van der Waals surface area contributed by atoms with Crippen LogP contribution in [0.2, 0.25) is 0 Å². The van der Waals surface area contributed by atoms with Crippen LogP contribution in [-0.4, -0.2) is 18.9 Å². The molecule has 1 aliphatic rings. The highest BCUT2D eigenvalue weighted by molar-refractivity contribution is 9.10. The maximum atomic E-state index is 12.9. The number of halogens is 1. The number of amides is 2. The summed E-state index contributed by atoms with van der Waals surface area (Å²) in [5.74, 6) is -0.388. The second-order valence-electron chi connectivity index (χ2n) is 6.78. The molecule has 4 rings (SSSR count). The van der Waals surface area contributed by atoms with E-state index in [1.165, 1.54) is 16.0 Å². The number of rotatable bonds is 4. The molecule has 0 bridgehead atoms. The number of aryl methyl sites for hydroxylation is 2. The van der Waals surface area contributed by atoms with E-state index in [1.807, 2.05) is 12.1 Å². The van der Waals surface area contributed by atoms with Gasteiger partial charge in [-0.25, -0.2) is 0 Å². The van der Waals surface area contributed by atoms with Crippen LogP contribution in [0.25, 0.3) is 0 Å². The lowest BCUT2D eigenvalue weighted by molar-refractivity contribution is 0.0965. The van der Waals surface area contributed by atoms with E-state index in [0.717, 1.165) is 24.9 Å². The minimum Gasteiger partial charge on any atom is -0.444 e. The van der Waals surface area contributed by atoms with Crippen LogP contribution in [-0.2, 0) is 12.8 Å². The van der Waals surface area contributed by atoms with E-state index < -0.39 is 0 Å². The Morgan fingerprint density at radius 2 is 1.82 bits per heavy atom. The van der Waals surface area contributed by atoms with Crippen molar-refractivity contribution in [2.75, 3.05) is 17.3 Å². The lowest BCUT2D eigenvalue weighted by Gasteiger charge is -2.19. The minimum absolute atomic E-state index is 0.197. The van der Waals surface area contributed by atoms with Crippen molar-refractivity contribution in [1.82, 2.24) is 0 Å². The quantitative estimate of drug-likeness (QED) is 0.618. The van der Waals surface area contributed by atoms with Gasteiger partial charge in [0, 0.05) is 12.7 Å². The zero-order valence-electron chi connectivity index (χ0n) is 15.4. The number of hydrogen-bond acceptors (Lipinski definition) is 3.